The molecule has 1 amide bonds. The van der Waals surface area contributed by atoms with Crippen LogP contribution < -0.4 is 10.0 Å². The highest BCUT2D eigenvalue weighted by Crippen LogP contribution is 2.28. The Kier molecular flexibility index (Phi) is 4.57. The predicted molar refractivity (Wildman–Crippen MR) is 85.5 cm³/mol. The summed E-state index contributed by atoms with van der Waals surface area (Å²) in [5.41, 5.74) is 0.166. The average Bonchev–Trinajstić information content (AvgIpc) is 3.38. The topological polar surface area (TPSA) is 58.2 Å². The van der Waals surface area contributed by atoms with Crippen LogP contribution in [0.1, 0.15) is 23.2 Å². The van der Waals surface area contributed by atoms with Crippen LogP contribution in [0.25, 0.3) is 0 Å². The summed E-state index contributed by atoms with van der Waals surface area (Å²) in [7, 11) is -1.38. The number of amides is 1. The number of hydrogen-bond donors (Lipinski definition) is 2. The number of benzene rings is 2. The molecule has 1 fully saturated rings. The molecule has 0 saturated heterocycles. The van der Waals surface area contributed by atoms with Gasteiger partial charge in [-0.15, -0.1) is 0 Å². The Morgan fingerprint density at radius 1 is 1.00 bits per heavy atom. The van der Waals surface area contributed by atoms with Gasteiger partial charge in [0.1, 0.15) is 16.8 Å². The second kappa shape index (κ2) is 6.64. The van der Waals surface area contributed by atoms with Crippen molar-refractivity contribution in [2.75, 3.05) is 10.0 Å². The number of carbonyl (C=O) groups excluding carboxylic acids is 1. The molecule has 0 aromatic heterocycles. The summed E-state index contributed by atoms with van der Waals surface area (Å²) < 4.78 is 54.2. The first-order valence-electron chi connectivity index (χ1n) is 7.17. The van der Waals surface area contributed by atoms with E-state index in [4.69, 9.17) is 0 Å². The Labute approximate surface area is 138 Å². The van der Waals surface area contributed by atoms with Gasteiger partial charge < -0.3 is 10.0 Å². The van der Waals surface area contributed by atoms with E-state index in [1.807, 2.05) is 0 Å². The standard InChI is InChI=1S/C16H13F3N2O2S/c17-12-5-1-9(7-14(12)19)16(22)20-10-2-6-13(18)15(8-10)21-24(23)11-3-4-11/h1-2,5-8,11,21H,3-4H2,(H,20,22). The Hall–Kier alpha value is -2.35. The summed E-state index contributed by atoms with van der Waals surface area (Å²) in [6, 6.07) is 6.49. The van der Waals surface area contributed by atoms with Gasteiger partial charge in [0.05, 0.1) is 10.9 Å². The summed E-state index contributed by atoms with van der Waals surface area (Å²) in [5, 5.41) is 2.48. The predicted octanol–water partition coefficient (Wildman–Crippen LogP) is 3.59. The van der Waals surface area contributed by atoms with Crippen LogP contribution >= 0.6 is 0 Å². The Balaban J connectivity index is 1.75. The molecule has 2 aromatic carbocycles. The smallest absolute Gasteiger partial charge is 0.255 e. The van der Waals surface area contributed by atoms with Crippen LogP contribution in [0.5, 0.6) is 0 Å². The normalized spacial score (nSPS) is 15.0. The third-order valence-corrected chi connectivity index (χ3v) is 4.94. The minimum Gasteiger partial charge on any atom is -0.322 e. The molecule has 0 radical (unpaired) electrons. The highest BCUT2D eigenvalue weighted by atomic mass is 32.2. The molecule has 4 nitrogen and oxygen atoms in total. The van der Waals surface area contributed by atoms with Crippen molar-refractivity contribution in [2.24, 2.45) is 0 Å². The fraction of sp³-hybridized carbons (Fsp3) is 0.188. The minimum atomic E-state index is -1.38. The third kappa shape index (κ3) is 3.76. The molecule has 1 saturated carbocycles. The molecule has 8 heteroatoms. The molecule has 0 spiro atoms. The molecule has 126 valence electrons. The van der Waals surface area contributed by atoms with Crippen molar-refractivity contribution in [3.05, 3.63) is 59.4 Å². The molecule has 24 heavy (non-hydrogen) atoms. The lowest BCUT2D eigenvalue weighted by Gasteiger charge is -2.10. The minimum absolute atomic E-state index is 0.00307. The van der Waals surface area contributed by atoms with Gasteiger partial charge >= 0.3 is 0 Å². The molecule has 3 rings (SSSR count). The lowest BCUT2D eigenvalue weighted by molar-refractivity contribution is 0.102. The second-order valence-electron chi connectivity index (χ2n) is 5.38. The first-order valence-corrected chi connectivity index (χ1v) is 8.38. The largest absolute Gasteiger partial charge is 0.322 e. The SMILES string of the molecule is O=C(Nc1ccc(F)c(NS(=O)C2CC2)c1)c1ccc(F)c(F)c1. The summed E-state index contributed by atoms with van der Waals surface area (Å²) in [6.07, 6.45) is 1.65. The van der Waals surface area contributed by atoms with E-state index in [-0.39, 0.29) is 22.2 Å². The van der Waals surface area contributed by atoms with E-state index in [1.54, 1.807) is 0 Å². The highest BCUT2D eigenvalue weighted by molar-refractivity contribution is 7.87. The molecule has 2 aromatic rings. The quantitative estimate of drug-likeness (QED) is 0.862. The fourth-order valence-electron chi connectivity index (χ4n) is 2.00. The molecular formula is C16H13F3N2O2S. The van der Waals surface area contributed by atoms with Crippen molar-refractivity contribution in [2.45, 2.75) is 18.1 Å². The van der Waals surface area contributed by atoms with Crippen LogP contribution in [-0.2, 0) is 11.0 Å². The number of hydrogen-bond acceptors (Lipinski definition) is 2. The van der Waals surface area contributed by atoms with Crippen LogP contribution in [0.15, 0.2) is 36.4 Å². The molecule has 1 atom stereocenters. The Bertz CT molecular complexity index is 825. The zero-order chi connectivity index (χ0) is 17.3. The van der Waals surface area contributed by atoms with Gasteiger partial charge in [0.2, 0.25) is 0 Å². The molecular weight excluding hydrogens is 341 g/mol. The van der Waals surface area contributed by atoms with E-state index in [0.717, 1.165) is 37.1 Å². The summed E-state index contributed by atoms with van der Waals surface area (Å²) >= 11 is 0. The van der Waals surface area contributed by atoms with Crippen LogP contribution in [0.2, 0.25) is 0 Å². The van der Waals surface area contributed by atoms with Crippen molar-refractivity contribution in [3.63, 3.8) is 0 Å². The van der Waals surface area contributed by atoms with Crippen LogP contribution in [0, 0.1) is 17.5 Å². The molecule has 0 bridgehead atoms. The van der Waals surface area contributed by atoms with E-state index < -0.39 is 34.3 Å². The summed E-state index contributed by atoms with van der Waals surface area (Å²) in [6.45, 7) is 0. The Morgan fingerprint density at radius 2 is 1.71 bits per heavy atom. The third-order valence-electron chi connectivity index (χ3n) is 3.44. The van der Waals surface area contributed by atoms with Crippen molar-refractivity contribution < 1.29 is 22.2 Å². The number of carbonyl (C=O) groups is 1. The molecule has 1 aliphatic carbocycles. The van der Waals surface area contributed by atoms with Crippen LogP contribution in [0.4, 0.5) is 24.5 Å². The number of halogens is 3. The first-order chi connectivity index (χ1) is 11.4. The van der Waals surface area contributed by atoms with Gasteiger partial charge in [-0.05, 0) is 49.2 Å². The Morgan fingerprint density at radius 3 is 2.38 bits per heavy atom. The van der Waals surface area contributed by atoms with Gasteiger partial charge in [-0.25, -0.2) is 17.4 Å². The molecule has 0 heterocycles. The second-order valence-corrected chi connectivity index (χ2v) is 6.84. The van der Waals surface area contributed by atoms with Gasteiger partial charge in [-0.3, -0.25) is 4.79 Å². The van der Waals surface area contributed by atoms with E-state index in [1.165, 1.54) is 12.1 Å². The maximum absolute atomic E-state index is 13.8. The van der Waals surface area contributed by atoms with Gasteiger partial charge in [-0.1, -0.05) is 0 Å². The average molecular weight is 354 g/mol. The number of anilines is 2. The van der Waals surface area contributed by atoms with Crippen LogP contribution in [0.3, 0.4) is 0 Å². The van der Waals surface area contributed by atoms with E-state index in [9.17, 15) is 22.2 Å². The van der Waals surface area contributed by atoms with Crippen LogP contribution in [-0.4, -0.2) is 15.4 Å². The fourth-order valence-corrected chi connectivity index (χ4v) is 3.10. The van der Waals surface area contributed by atoms with Gasteiger partial charge in [0.15, 0.2) is 11.6 Å². The summed E-state index contributed by atoms with van der Waals surface area (Å²) in [4.78, 5) is 12.0. The number of rotatable bonds is 5. The zero-order valence-corrected chi connectivity index (χ0v) is 13.1. The molecule has 0 aliphatic heterocycles. The van der Waals surface area contributed by atoms with Crippen molar-refractivity contribution in [1.82, 2.24) is 0 Å². The lowest BCUT2D eigenvalue weighted by Crippen LogP contribution is -2.14. The maximum Gasteiger partial charge on any atom is 0.255 e. The number of nitrogens with one attached hydrogen (secondary N) is 2. The molecule has 1 unspecified atom stereocenters. The monoisotopic (exact) mass is 354 g/mol. The van der Waals surface area contributed by atoms with Crippen molar-refractivity contribution in [3.8, 4) is 0 Å². The van der Waals surface area contributed by atoms with Gasteiger partial charge in [0, 0.05) is 11.3 Å². The van der Waals surface area contributed by atoms with E-state index >= 15 is 0 Å². The van der Waals surface area contributed by atoms with Gasteiger partial charge in [-0.2, -0.15) is 0 Å². The van der Waals surface area contributed by atoms with E-state index in [2.05, 4.69) is 10.0 Å². The zero-order valence-electron chi connectivity index (χ0n) is 12.3. The maximum atomic E-state index is 13.8. The van der Waals surface area contributed by atoms with Gasteiger partial charge in [0.25, 0.3) is 5.91 Å². The first kappa shape index (κ1) is 16.5. The lowest BCUT2D eigenvalue weighted by atomic mass is 10.2. The highest BCUT2D eigenvalue weighted by Gasteiger charge is 2.29. The summed E-state index contributed by atoms with van der Waals surface area (Å²) in [5.74, 6) is -3.46. The molecule has 1 aliphatic rings. The molecule has 2 N–H and O–H groups in total. The van der Waals surface area contributed by atoms with E-state index in [0.29, 0.717) is 0 Å². The van der Waals surface area contributed by atoms with Crippen molar-refractivity contribution >= 4 is 28.3 Å². The van der Waals surface area contributed by atoms with Crippen molar-refractivity contribution in [1.29, 1.82) is 0 Å².